The molecule has 0 aromatic carbocycles. The second-order valence-electron chi connectivity index (χ2n) is 7.17. The van der Waals surface area contributed by atoms with Gasteiger partial charge in [0, 0.05) is 37.4 Å². The highest BCUT2D eigenvalue weighted by molar-refractivity contribution is 5.94. The average Bonchev–Trinajstić information content (AvgIpc) is 3.07. The number of carbonyl (C=O) groups is 1. The number of fused-ring (bicyclic) bond motifs is 1. The monoisotopic (exact) mass is 315 g/mol. The molecule has 23 heavy (non-hydrogen) atoms. The normalized spacial score (nSPS) is 23.8. The van der Waals surface area contributed by atoms with Gasteiger partial charge in [0.2, 0.25) is 5.91 Å². The molecule has 124 valence electrons. The minimum atomic E-state index is 0.200. The number of aryl methyl sites for hydroxylation is 1. The fraction of sp³-hybridized carbons (Fsp3) is 0.667. The molecule has 1 aliphatic heterocycles. The number of nitrogens with zero attached hydrogens (tertiary/aromatic N) is 3. The van der Waals surface area contributed by atoms with E-state index in [4.69, 9.17) is 4.74 Å². The van der Waals surface area contributed by atoms with Crippen LogP contribution in [0.4, 0.5) is 0 Å². The maximum atomic E-state index is 12.7. The number of hydrogen-bond donors (Lipinski definition) is 0. The molecule has 1 fully saturated rings. The number of hydrogen-bond acceptors (Lipinski definition) is 3. The third kappa shape index (κ3) is 3.07. The lowest BCUT2D eigenvalue weighted by molar-refractivity contribution is -0.128. The van der Waals surface area contributed by atoms with Crippen molar-refractivity contribution in [1.29, 1.82) is 0 Å². The van der Waals surface area contributed by atoms with Crippen molar-refractivity contribution < 1.29 is 9.53 Å². The van der Waals surface area contributed by atoms with Gasteiger partial charge in [-0.1, -0.05) is 6.08 Å². The summed E-state index contributed by atoms with van der Waals surface area (Å²) in [6, 6.07) is 0. The van der Waals surface area contributed by atoms with Gasteiger partial charge in [-0.25, -0.2) is 4.98 Å². The molecule has 2 aliphatic carbocycles. The van der Waals surface area contributed by atoms with Crippen molar-refractivity contribution in [3.05, 3.63) is 29.4 Å². The minimum Gasteiger partial charge on any atom is -0.380 e. The highest BCUT2D eigenvalue weighted by Crippen LogP contribution is 2.32. The van der Waals surface area contributed by atoms with E-state index in [-0.39, 0.29) is 11.8 Å². The third-order valence-electron chi connectivity index (χ3n) is 5.20. The Kier molecular flexibility index (Phi) is 3.97. The summed E-state index contributed by atoms with van der Waals surface area (Å²) in [4.78, 5) is 19.2. The van der Waals surface area contributed by atoms with Gasteiger partial charge in [0.05, 0.1) is 25.2 Å². The molecule has 3 aliphatic rings. The van der Waals surface area contributed by atoms with Gasteiger partial charge in [0.15, 0.2) is 0 Å². The average molecular weight is 315 g/mol. The van der Waals surface area contributed by atoms with Crippen LogP contribution >= 0.6 is 0 Å². The van der Waals surface area contributed by atoms with Crippen LogP contribution in [0.25, 0.3) is 0 Å². The molecular weight excluding hydrogens is 290 g/mol. The molecule has 1 saturated carbocycles. The van der Waals surface area contributed by atoms with E-state index in [1.165, 1.54) is 18.5 Å². The van der Waals surface area contributed by atoms with E-state index in [9.17, 15) is 4.79 Å². The van der Waals surface area contributed by atoms with Crippen LogP contribution in [0.5, 0.6) is 0 Å². The van der Waals surface area contributed by atoms with Gasteiger partial charge in [-0.3, -0.25) is 4.79 Å². The lowest BCUT2D eigenvalue weighted by Crippen LogP contribution is -2.40. The number of allylic oxidation sites excluding steroid dienone is 1. The van der Waals surface area contributed by atoms with E-state index >= 15 is 0 Å². The zero-order valence-electron chi connectivity index (χ0n) is 13.8. The molecule has 0 unspecified atom stereocenters. The topological polar surface area (TPSA) is 47.4 Å². The van der Waals surface area contributed by atoms with Crippen LogP contribution < -0.4 is 0 Å². The number of aromatic nitrogens is 2. The molecule has 5 nitrogen and oxygen atoms in total. The number of amides is 1. The number of rotatable bonds is 5. The van der Waals surface area contributed by atoms with Crippen molar-refractivity contribution in [3.8, 4) is 0 Å². The van der Waals surface area contributed by atoms with Gasteiger partial charge in [-0.05, 0) is 38.0 Å². The molecule has 0 N–H and O–H groups in total. The number of imidazole rings is 1. The molecule has 0 bridgehead atoms. The SMILES string of the molecule is Cn1cnc2c1[C@@H](COCC1CC1)CN(C(=O)C1=CCCC1)C2. The Bertz CT molecular complexity index is 630. The second-order valence-corrected chi connectivity index (χ2v) is 7.17. The summed E-state index contributed by atoms with van der Waals surface area (Å²) < 4.78 is 8.03. The lowest BCUT2D eigenvalue weighted by atomic mass is 9.98. The standard InChI is InChI=1S/C18H25N3O2/c1-20-12-19-16-9-21(18(22)14-4-2-3-5-14)8-15(17(16)20)11-23-10-13-6-7-13/h4,12-13,15H,2-3,5-11H2,1H3/t15-/m1/s1. The van der Waals surface area contributed by atoms with Crippen molar-refractivity contribution in [2.45, 2.75) is 44.6 Å². The van der Waals surface area contributed by atoms with E-state index in [1.54, 1.807) is 0 Å². The predicted octanol–water partition coefficient (Wildman–Crippen LogP) is 2.38. The van der Waals surface area contributed by atoms with E-state index in [0.29, 0.717) is 13.2 Å². The van der Waals surface area contributed by atoms with Gasteiger partial charge in [-0.15, -0.1) is 0 Å². The maximum absolute atomic E-state index is 12.7. The van der Waals surface area contributed by atoms with Gasteiger partial charge in [0.25, 0.3) is 0 Å². The molecular formula is C18H25N3O2. The molecule has 0 radical (unpaired) electrons. The molecule has 5 heteroatoms. The van der Waals surface area contributed by atoms with Gasteiger partial charge in [0.1, 0.15) is 0 Å². The van der Waals surface area contributed by atoms with E-state index in [1.807, 2.05) is 18.3 Å². The Hall–Kier alpha value is -1.62. The Labute approximate surface area is 137 Å². The quantitative estimate of drug-likeness (QED) is 0.838. The zero-order valence-corrected chi connectivity index (χ0v) is 13.8. The Morgan fingerprint density at radius 1 is 1.39 bits per heavy atom. The van der Waals surface area contributed by atoms with Crippen LogP contribution in [0.2, 0.25) is 0 Å². The van der Waals surface area contributed by atoms with E-state index < -0.39 is 0 Å². The van der Waals surface area contributed by atoms with Crippen molar-refractivity contribution in [3.63, 3.8) is 0 Å². The molecule has 1 aromatic rings. The summed E-state index contributed by atoms with van der Waals surface area (Å²) in [5.74, 6) is 1.20. The molecule has 1 atom stereocenters. The van der Waals surface area contributed by atoms with Crippen molar-refractivity contribution in [2.75, 3.05) is 19.8 Å². The van der Waals surface area contributed by atoms with Gasteiger partial charge >= 0.3 is 0 Å². The molecule has 2 heterocycles. The van der Waals surface area contributed by atoms with Crippen LogP contribution in [0.1, 0.15) is 49.4 Å². The molecule has 1 aromatic heterocycles. The summed E-state index contributed by atoms with van der Waals surface area (Å²) in [6.45, 7) is 2.92. The Balaban J connectivity index is 1.49. The fourth-order valence-corrected chi connectivity index (χ4v) is 3.75. The fourth-order valence-electron chi connectivity index (χ4n) is 3.75. The molecule has 0 saturated heterocycles. The van der Waals surface area contributed by atoms with Crippen LogP contribution in [0, 0.1) is 5.92 Å². The smallest absolute Gasteiger partial charge is 0.249 e. The summed E-state index contributed by atoms with van der Waals surface area (Å²) in [6.07, 6.45) is 9.65. The second kappa shape index (κ2) is 6.11. The summed E-state index contributed by atoms with van der Waals surface area (Å²) in [5.41, 5.74) is 3.26. The van der Waals surface area contributed by atoms with Gasteiger partial charge in [-0.2, -0.15) is 0 Å². The first-order valence-corrected chi connectivity index (χ1v) is 8.78. The first-order valence-electron chi connectivity index (χ1n) is 8.78. The summed E-state index contributed by atoms with van der Waals surface area (Å²) in [5, 5.41) is 0. The minimum absolute atomic E-state index is 0.200. The highest BCUT2D eigenvalue weighted by atomic mass is 16.5. The van der Waals surface area contributed by atoms with E-state index in [0.717, 1.165) is 49.6 Å². The maximum Gasteiger partial charge on any atom is 0.249 e. The number of ether oxygens (including phenoxy) is 1. The van der Waals surface area contributed by atoms with E-state index in [2.05, 4.69) is 15.6 Å². The van der Waals surface area contributed by atoms with Crippen LogP contribution in [-0.2, 0) is 23.1 Å². The number of carbonyl (C=O) groups excluding carboxylic acids is 1. The van der Waals surface area contributed by atoms with Gasteiger partial charge < -0.3 is 14.2 Å². The molecule has 0 spiro atoms. The Morgan fingerprint density at radius 3 is 3.00 bits per heavy atom. The van der Waals surface area contributed by atoms with Crippen molar-refractivity contribution in [2.24, 2.45) is 13.0 Å². The summed E-state index contributed by atoms with van der Waals surface area (Å²) >= 11 is 0. The summed E-state index contributed by atoms with van der Waals surface area (Å²) in [7, 11) is 2.04. The zero-order chi connectivity index (χ0) is 15.8. The highest BCUT2D eigenvalue weighted by Gasteiger charge is 2.33. The first kappa shape index (κ1) is 14.9. The predicted molar refractivity (Wildman–Crippen MR) is 86.8 cm³/mol. The van der Waals surface area contributed by atoms with Crippen LogP contribution in [-0.4, -0.2) is 40.1 Å². The lowest BCUT2D eigenvalue weighted by Gasteiger charge is -2.33. The van der Waals surface area contributed by atoms with Crippen molar-refractivity contribution >= 4 is 5.91 Å². The molecule has 1 amide bonds. The first-order chi connectivity index (χ1) is 11.2. The largest absolute Gasteiger partial charge is 0.380 e. The Morgan fingerprint density at radius 2 is 2.26 bits per heavy atom. The third-order valence-corrected chi connectivity index (χ3v) is 5.20. The van der Waals surface area contributed by atoms with Crippen LogP contribution in [0.3, 0.4) is 0 Å². The molecule has 4 rings (SSSR count). The van der Waals surface area contributed by atoms with Crippen LogP contribution in [0.15, 0.2) is 18.0 Å². The van der Waals surface area contributed by atoms with Crippen molar-refractivity contribution in [1.82, 2.24) is 14.5 Å².